The number of aromatic nitrogens is 4. The first kappa shape index (κ1) is 20.7. The summed E-state index contributed by atoms with van der Waals surface area (Å²) in [6, 6.07) is 7.46. The highest BCUT2D eigenvalue weighted by Crippen LogP contribution is 2.23. The third-order valence-corrected chi connectivity index (χ3v) is 5.48. The molecule has 6 nitrogen and oxygen atoms in total. The van der Waals surface area contributed by atoms with Crippen molar-refractivity contribution in [2.45, 2.75) is 33.9 Å². The molecule has 1 amide bonds. The fraction of sp³-hybridized carbons (Fsp3) is 0.316. The van der Waals surface area contributed by atoms with Crippen LogP contribution in [0.1, 0.15) is 23.9 Å². The highest BCUT2D eigenvalue weighted by Gasteiger charge is 2.19. The quantitative estimate of drug-likeness (QED) is 0.588. The minimum Gasteiger partial charge on any atom is -0.308 e. The number of carbonyl (C=O) groups excluding carboxylic acids is 1. The maximum atomic E-state index is 12.6. The van der Waals surface area contributed by atoms with Crippen molar-refractivity contribution in [1.29, 1.82) is 0 Å². The SMILES string of the molecule is Cc1nn(CC(C)C(=O)Nc2nn(Cc3ccc(Cl)cc3)cc2Cl)c(C)c1Cl. The fourth-order valence-electron chi connectivity index (χ4n) is 2.77. The van der Waals surface area contributed by atoms with Gasteiger partial charge in [-0.2, -0.15) is 10.2 Å². The molecule has 0 radical (unpaired) electrons. The number of hydrogen-bond donors (Lipinski definition) is 1. The molecule has 0 fully saturated rings. The standard InChI is InChI=1S/C19H20Cl3N5O/c1-11(8-27-13(3)17(22)12(2)24-27)19(28)23-18-16(21)10-26(25-18)9-14-4-6-15(20)7-5-14/h4-7,10-11H,8-9H2,1-3H3,(H,23,25,28). The van der Waals surface area contributed by atoms with E-state index in [4.69, 9.17) is 34.8 Å². The maximum Gasteiger partial charge on any atom is 0.230 e. The average molecular weight is 441 g/mol. The van der Waals surface area contributed by atoms with E-state index in [2.05, 4.69) is 15.5 Å². The molecule has 1 aromatic carbocycles. The predicted octanol–water partition coefficient (Wildman–Crippen LogP) is 4.98. The van der Waals surface area contributed by atoms with Crippen LogP contribution in [0.15, 0.2) is 30.5 Å². The Balaban J connectivity index is 1.65. The van der Waals surface area contributed by atoms with Crippen molar-refractivity contribution in [3.8, 4) is 0 Å². The first-order chi connectivity index (χ1) is 13.2. The number of nitrogens with zero attached hydrogens (tertiary/aromatic N) is 4. The lowest BCUT2D eigenvalue weighted by atomic mass is 10.1. The van der Waals surface area contributed by atoms with Crippen molar-refractivity contribution in [2.75, 3.05) is 5.32 Å². The third-order valence-electron chi connectivity index (χ3n) is 4.40. The predicted molar refractivity (Wildman–Crippen MR) is 112 cm³/mol. The van der Waals surface area contributed by atoms with E-state index < -0.39 is 0 Å². The minimum atomic E-state index is -0.341. The Morgan fingerprint density at radius 1 is 1.14 bits per heavy atom. The van der Waals surface area contributed by atoms with Gasteiger partial charge in [0, 0.05) is 11.2 Å². The van der Waals surface area contributed by atoms with Gasteiger partial charge in [-0.15, -0.1) is 0 Å². The van der Waals surface area contributed by atoms with Gasteiger partial charge >= 0.3 is 0 Å². The molecular weight excluding hydrogens is 421 g/mol. The summed E-state index contributed by atoms with van der Waals surface area (Å²) < 4.78 is 3.41. The van der Waals surface area contributed by atoms with Crippen molar-refractivity contribution < 1.29 is 4.79 Å². The van der Waals surface area contributed by atoms with Crippen LogP contribution >= 0.6 is 34.8 Å². The molecule has 28 heavy (non-hydrogen) atoms. The van der Waals surface area contributed by atoms with Crippen molar-refractivity contribution in [2.24, 2.45) is 5.92 Å². The maximum absolute atomic E-state index is 12.6. The Hall–Kier alpha value is -2.02. The number of benzene rings is 1. The Morgan fingerprint density at radius 2 is 1.82 bits per heavy atom. The molecule has 0 aliphatic rings. The average Bonchev–Trinajstić information content (AvgIpc) is 3.11. The number of halogens is 3. The van der Waals surface area contributed by atoms with Gasteiger partial charge in [-0.25, -0.2) is 0 Å². The van der Waals surface area contributed by atoms with Gasteiger partial charge in [0.05, 0.1) is 35.4 Å². The number of aryl methyl sites for hydroxylation is 1. The lowest BCUT2D eigenvalue weighted by Gasteiger charge is -2.12. The van der Waals surface area contributed by atoms with Gasteiger partial charge in [0.25, 0.3) is 0 Å². The zero-order valence-corrected chi connectivity index (χ0v) is 18.0. The molecule has 0 saturated heterocycles. The van der Waals surface area contributed by atoms with Crippen LogP contribution in [0.4, 0.5) is 5.82 Å². The summed E-state index contributed by atoms with van der Waals surface area (Å²) in [5.41, 5.74) is 2.61. The van der Waals surface area contributed by atoms with Gasteiger partial charge in [0.1, 0.15) is 5.02 Å². The second-order valence-corrected chi connectivity index (χ2v) is 7.93. The van der Waals surface area contributed by atoms with Crippen molar-refractivity contribution >= 4 is 46.5 Å². The first-order valence-corrected chi connectivity index (χ1v) is 9.85. The highest BCUT2D eigenvalue weighted by molar-refractivity contribution is 6.33. The number of amides is 1. The van der Waals surface area contributed by atoms with Crippen LogP contribution in [0.3, 0.4) is 0 Å². The zero-order valence-electron chi connectivity index (χ0n) is 15.7. The topological polar surface area (TPSA) is 64.7 Å². The molecular formula is C19H20Cl3N5O. The summed E-state index contributed by atoms with van der Waals surface area (Å²) in [6.07, 6.45) is 1.68. The molecule has 0 spiro atoms. The van der Waals surface area contributed by atoms with Gasteiger partial charge < -0.3 is 5.32 Å². The van der Waals surface area contributed by atoms with E-state index in [0.717, 1.165) is 17.0 Å². The van der Waals surface area contributed by atoms with Crippen molar-refractivity contribution in [1.82, 2.24) is 19.6 Å². The van der Waals surface area contributed by atoms with E-state index in [9.17, 15) is 4.79 Å². The smallest absolute Gasteiger partial charge is 0.230 e. The minimum absolute atomic E-state index is 0.192. The molecule has 3 rings (SSSR count). The van der Waals surface area contributed by atoms with Crippen LogP contribution in [-0.2, 0) is 17.9 Å². The zero-order chi connectivity index (χ0) is 20.4. The summed E-state index contributed by atoms with van der Waals surface area (Å²) in [5.74, 6) is -0.201. The van der Waals surface area contributed by atoms with Crippen LogP contribution < -0.4 is 5.32 Å². The highest BCUT2D eigenvalue weighted by atomic mass is 35.5. The molecule has 0 aliphatic heterocycles. The monoisotopic (exact) mass is 439 g/mol. The summed E-state index contributed by atoms with van der Waals surface area (Å²) in [4.78, 5) is 12.6. The van der Waals surface area contributed by atoms with E-state index >= 15 is 0 Å². The molecule has 0 aliphatic carbocycles. The molecule has 1 unspecified atom stereocenters. The third kappa shape index (κ3) is 4.69. The summed E-state index contributed by atoms with van der Waals surface area (Å²) in [6.45, 7) is 6.46. The number of hydrogen-bond acceptors (Lipinski definition) is 3. The van der Waals surface area contributed by atoms with E-state index in [0.29, 0.717) is 34.0 Å². The summed E-state index contributed by atoms with van der Waals surface area (Å²) in [5, 5.41) is 13.2. The van der Waals surface area contributed by atoms with Crippen LogP contribution in [0.25, 0.3) is 0 Å². The number of carbonyl (C=O) groups is 1. The Morgan fingerprint density at radius 3 is 2.43 bits per heavy atom. The molecule has 2 heterocycles. The van der Waals surface area contributed by atoms with Crippen LogP contribution in [-0.4, -0.2) is 25.5 Å². The van der Waals surface area contributed by atoms with E-state index in [1.54, 1.807) is 15.6 Å². The Kier molecular flexibility index (Phi) is 6.33. The summed E-state index contributed by atoms with van der Waals surface area (Å²) in [7, 11) is 0. The van der Waals surface area contributed by atoms with Gasteiger partial charge in [-0.1, -0.05) is 53.9 Å². The van der Waals surface area contributed by atoms with Gasteiger partial charge in [0.2, 0.25) is 5.91 Å². The molecule has 0 saturated carbocycles. The lowest BCUT2D eigenvalue weighted by molar-refractivity contribution is -0.119. The van der Waals surface area contributed by atoms with E-state index in [1.165, 1.54) is 0 Å². The van der Waals surface area contributed by atoms with E-state index in [1.807, 2.05) is 45.0 Å². The van der Waals surface area contributed by atoms with Gasteiger partial charge in [-0.3, -0.25) is 14.2 Å². The first-order valence-electron chi connectivity index (χ1n) is 8.72. The second-order valence-electron chi connectivity index (χ2n) is 6.71. The molecule has 3 aromatic rings. The fourth-order valence-corrected chi connectivity index (χ4v) is 3.23. The van der Waals surface area contributed by atoms with Gasteiger partial charge in [-0.05, 0) is 31.5 Å². The molecule has 0 bridgehead atoms. The normalized spacial score (nSPS) is 12.2. The van der Waals surface area contributed by atoms with Crippen LogP contribution in [0, 0.1) is 19.8 Å². The Labute approximate surface area is 178 Å². The molecule has 1 N–H and O–H groups in total. The van der Waals surface area contributed by atoms with E-state index in [-0.39, 0.29) is 11.8 Å². The molecule has 148 valence electrons. The van der Waals surface area contributed by atoms with Crippen molar-refractivity contribution in [3.05, 3.63) is 62.5 Å². The molecule has 2 aromatic heterocycles. The second kappa shape index (κ2) is 8.55. The summed E-state index contributed by atoms with van der Waals surface area (Å²) >= 11 is 18.3. The van der Waals surface area contributed by atoms with Gasteiger partial charge in [0.15, 0.2) is 5.82 Å². The molecule has 9 heteroatoms. The largest absolute Gasteiger partial charge is 0.308 e. The van der Waals surface area contributed by atoms with Crippen LogP contribution in [0.2, 0.25) is 15.1 Å². The van der Waals surface area contributed by atoms with Crippen LogP contribution in [0.5, 0.6) is 0 Å². The number of anilines is 1. The Bertz CT molecular complexity index is 994. The molecule has 1 atom stereocenters. The number of nitrogens with one attached hydrogen (secondary N) is 1. The van der Waals surface area contributed by atoms with Crippen molar-refractivity contribution in [3.63, 3.8) is 0 Å². The lowest BCUT2D eigenvalue weighted by Crippen LogP contribution is -2.25. The number of rotatable bonds is 6.